The molecular weight excluding hydrogens is 216 g/mol. The van der Waals surface area contributed by atoms with Crippen molar-refractivity contribution in [1.29, 1.82) is 0 Å². The third kappa shape index (κ3) is 2.92. The highest BCUT2D eigenvalue weighted by atomic mass is 16.3. The van der Waals surface area contributed by atoms with Crippen LogP contribution in [0.1, 0.15) is 18.2 Å². The summed E-state index contributed by atoms with van der Waals surface area (Å²) < 4.78 is 0. The molecule has 0 saturated heterocycles. The Morgan fingerprint density at radius 3 is 3.00 bits per heavy atom. The lowest BCUT2D eigenvalue weighted by Crippen LogP contribution is -2.30. The van der Waals surface area contributed by atoms with E-state index in [1.165, 1.54) is 5.56 Å². The molecule has 5 heteroatoms. The molecule has 1 atom stereocenters. The number of anilines is 1. The Morgan fingerprint density at radius 1 is 1.53 bits per heavy atom. The number of hydrogen-bond donors (Lipinski definition) is 1. The van der Waals surface area contributed by atoms with Gasteiger partial charge in [0.25, 0.3) is 0 Å². The smallest absolute Gasteiger partial charge is 0.151 e. The fraction of sp³-hybridized carbons (Fsp3) is 0.667. The van der Waals surface area contributed by atoms with Gasteiger partial charge in [-0.25, -0.2) is 0 Å². The topological polar surface area (TPSA) is 52.5 Å². The second kappa shape index (κ2) is 4.98. The van der Waals surface area contributed by atoms with Crippen LogP contribution in [0.25, 0.3) is 0 Å². The van der Waals surface area contributed by atoms with Crippen LogP contribution >= 0.6 is 0 Å². The predicted octanol–water partition coefficient (Wildman–Crippen LogP) is 0.281. The molecule has 1 aromatic heterocycles. The molecule has 0 aromatic carbocycles. The number of hydrogen-bond acceptors (Lipinski definition) is 5. The highest BCUT2D eigenvalue weighted by molar-refractivity contribution is 5.41. The maximum atomic E-state index is 9.37. The van der Waals surface area contributed by atoms with E-state index in [1.54, 1.807) is 6.92 Å². The zero-order valence-corrected chi connectivity index (χ0v) is 10.7. The summed E-state index contributed by atoms with van der Waals surface area (Å²) in [6.07, 6.45) is 0.611. The summed E-state index contributed by atoms with van der Waals surface area (Å²) in [4.78, 5) is 4.22. The molecule has 0 amide bonds. The first-order valence-electron chi connectivity index (χ1n) is 5.99. The third-order valence-electron chi connectivity index (χ3n) is 3.05. The molecule has 0 bridgehead atoms. The second-order valence-corrected chi connectivity index (χ2v) is 4.89. The van der Waals surface area contributed by atoms with Crippen LogP contribution in [-0.4, -0.2) is 53.5 Å². The lowest BCUT2D eigenvalue weighted by atomic mass is 10.1. The zero-order chi connectivity index (χ0) is 12.4. The molecule has 5 nitrogen and oxygen atoms in total. The van der Waals surface area contributed by atoms with E-state index in [2.05, 4.69) is 28.2 Å². The predicted molar refractivity (Wildman–Crippen MR) is 67.0 cm³/mol. The van der Waals surface area contributed by atoms with Gasteiger partial charge in [-0.15, -0.1) is 5.10 Å². The van der Waals surface area contributed by atoms with Gasteiger partial charge >= 0.3 is 0 Å². The van der Waals surface area contributed by atoms with Gasteiger partial charge in [-0.2, -0.15) is 5.10 Å². The minimum absolute atomic E-state index is 0.361. The third-order valence-corrected chi connectivity index (χ3v) is 3.05. The summed E-state index contributed by atoms with van der Waals surface area (Å²) in [6.45, 7) is 4.32. The standard InChI is InChI=1S/C12H20N4O/c1-9(17)7-16(3)12-6-10-8-15(2)5-4-11(10)13-14-12/h6,9,17H,4-5,7-8H2,1-3H3. The fourth-order valence-corrected chi connectivity index (χ4v) is 2.13. The van der Waals surface area contributed by atoms with Crippen molar-refractivity contribution in [2.24, 2.45) is 0 Å². The Labute approximate surface area is 102 Å². The Kier molecular flexibility index (Phi) is 3.59. The summed E-state index contributed by atoms with van der Waals surface area (Å²) in [7, 11) is 4.04. The monoisotopic (exact) mass is 236 g/mol. The molecule has 2 rings (SSSR count). The van der Waals surface area contributed by atoms with Crippen LogP contribution in [0.3, 0.4) is 0 Å². The summed E-state index contributed by atoms with van der Waals surface area (Å²) >= 11 is 0. The van der Waals surface area contributed by atoms with Gasteiger partial charge in [0.2, 0.25) is 0 Å². The zero-order valence-electron chi connectivity index (χ0n) is 10.7. The molecule has 2 heterocycles. The summed E-state index contributed by atoms with van der Waals surface area (Å²) in [5, 5.41) is 17.9. The number of fused-ring (bicyclic) bond motifs is 1. The molecule has 1 N–H and O–H groups in total. The Balaban J connectivity index is 2.17. The van der Waals surface area contributed by atoms with Crippen LogP contribution in [-0.2, 0) is 13.0 Å². The molecular formula is C12H20N4O. The molecule has 0 aliphatic carbocycles. The molecule has 1 aromatic rings. The van der Waals surface area contributed by atoms with Gasteiger partial charge < -0.3 is 14.9 Å². The minimum atomic E-state index is -0.361. The van der Waals surface area contributed by atoms with Gasteiger partial charge in [0.05, 0.1) is 11.8 Å². The first-order chi connectivity index (χ1) is 8.06. The number of rotatable bonds is 3. The fourth-order valence-electron chi connectivity index (χ4n) is 2.13. The van der Waals surface area contributed by atoms with E-state index in [0.717, 1.165) is 31.0 Å². The van der Waals surface area contributed by atoms with Gasteiger partial charge in [0.15, 0.2) is 5.82 Å². The molecule has 0 radical (unpaired) electrons. The molecule has 0 saturated carbocycles. The highest BCUT2D eigenvalue weighted by Gasteiger charge is 2.17. The van der Waals surface area contributed by atoms with E-state index in [1.807, 2.05) is 11.9 Å². The Hall–Kier alpha value is -1.20. The molecule has 0 fully saturated rings. The van der Waals surface area contributed by atoms with Crippen molar-refractivity contribution >= 4 is 5.82 Å². The minimum Gasteiger partial charge on any atom is -0.392 e. The van der Waals surface area contributed by atoms with Crippen LogP contribution in [0.2, 0.25) is 0 Å². The van der Waals surface area contributed by atoms with Crippen LogP contribution in [0, 0.1) is 0 Å². The Bertz CT molecular complexity index is 394. The van der Waals surface area contributed by atoms with Crippen LogP contribution in [0.4, 0.5) is 5.82 Å². The van der Waals surface area contributed by atoms with E-state index >= 15 is 0 Å². The average Bonchev–Trinajstić information content (AvgIpc) is 2.27. The van der Waals surface area contributed by atoms with E-state index in [0.29, 0.717) is 6.54 Å². The maximum Gasteiger partial charge on any atom is 0.151 e. The normalized spacial score (nSPS) is 17.6. The van der Waals surface area contributed by atoms with Crippen LogP contribution in [0.5, 0.6) is 0 Å². The molecule has 94 valence electrons. The summed E-state index contributed by atoms with van der Waals surface area (Å²) in [6, 6.07) is 2.08. The van der Waals surface area contributed by atoms with Crippen molar-refractivity contribution in [3.63, 3.8) is 0 Å². The van der Waals surface area contributed by atoms with Gasteiger partial charge in [-0.3, -0.25) is 0 Å². The van der Waals surface area contributed by atoms with Crippen LogP contribution < -0.4 is 4.90 Å². The van der Waals surface area contributed by atoms with Crippen molar-refractivity contribution in [1.82, 2.24) is 15.1 Å². The number of likely N-dealkylation sites (N-methyl/N-ethyl adjacent to an activating group) is 2. The van der Waals surface area contributed by atoms with Crippen molar-refractivity contribution in [2.75, 3.05) is 32.1 Å². The van der Waals surface area contributed by atoms with Gasteiger partial charge in [-0.05, 0) is 25.6 Å². The SMILES string of the molecule is CC(O)CN(C)c1cc2c(nn1)CCN(C)C2. The number of aliphatic hydroxyl groups excluding tert-OH is 1. The summed E-state index contributed by atoms with van der Waals surface area (Å²) in [5.41, 5.74) is 2.36. The molecule has 0 spiro atoms. The van der Waals surface area contributed by atoms with Crippen LogP contribution in [0.15, 0.2) is 6.07 Å². The van der Waals surface area contributed by atoms with Crippen molar-refractivity contribution in [3.05, 3.63) is 17.3 Å². The quantitative estimate of drug-likeness (QED) is 0.817. The van der Waals surface area contributed by atoms with Crippen molar-refractivity contribution in [2.45, 2.75) is 26.0 Å². The average molecular weight is 236 g/mol. The van der Waals surface area contributed by atoms with E-state index < -0.39 is 0 Å². The molecule has 1 unspecified atom stereocenters. The van der Waals surface area contributed by atoms with Gasteiger partial charge in [0, 0.05) is 33.1 Å². The van der Waals surface area contributed by atoms with Crippen molar-refractivity contribution in [3.8, 4) is 0 Å². The molecule has 1 aliphatic rings. The van der Waals surface area contributed by atoms with Crippen molar-refractivity contribution < 1.29 is 5.11 Å². The first-order valence-corrected chi connectivity index (χ1v) is 5.99. The lowest BCUT2D eigenvalue weighted by Gasteiger charge is -2.26. The van der Waals surface area contributed by atoms with E-state index in [4.69, 9.17) is 0 Å². The van der Waals surface area contributed by atoms with E-state index in [-0.39, 0.29) is 6.10 Å². The highest BCUT2D eigenvalue weighted by Crippen LogP contribution is 2.19. The Morgan fingerprint density at radius 2 is 2.29 bits per heavy atom. The number of nitrogens with zero attached hydrogens (tertiary/aromatic N) is 4. The van der Waals surface area contributed by atoms with E-state index in [9.17, 15) is 5.11 Å². The van der Waals surface area contributed by atoms with Gasteiger partial charge in [0.1, 0.15) is 0 Å². The maximum absolute atomic E-state index is 9.37. The summed E-state index contributed by atoms with van der Waals surface area (Å²) in [5.74, 6) is 0.833. The number of aliphatic hydroxyl groups is 1. The second-order valence-electron chi connectivity index (χ2n) is 4.89. The number of aromatic nitrogens is 2. The molecule has 17 heavy (non-hydrogen) atoms. The van der Waals surface area contributed by atoms with Gasteiger partial charge in [-0.1, -0.05) is 0 Å². The molecule has 1 aliphatic heterocycles. The largest absolute Gasteiger partial charge is 0.392 e. The first kappa shape index (κ1) is 12.3. The lowest BCUT2D eigenvalue weighted by molar-refractivity contribution is 0.201.